The Bertz CT molecular complexity index is 500. The Morgan fingerprint density at radius 1 is 1.47 bits per heavy atom. The van der Waals surface area contributed by atoms with Gasteiger partial charge in [-0.25, -0.2) is 0 Å². The van der Waals surface area contributed by atoms with Crippen LogP contribution in [-0.2, 0) is 6.42 Å². The number of nitrogens with one attached hydrogen (secondary N) is 3. The average molecular weight is 278 g/mol. The van der Waals surface area contributed by atoms with E-state index in [1.807, 2.05) is 13.1 Å². The predicted molar refractivity (Wildman–Crippen MR) is 80.6 cm³/mol. The van der Waals surface area contributed by atoms with Crippen LogP contribution in [0.15, 0.2) is 12.1 Å². The van der Waals surface area contributed by atoms with Crippen LogP contribution in [0.4, 0.5) is 5.69 Å². The summed E-state index contributed by atoms with van der Waals surface area (Å²) in [5.74, 6) is 0.773. The van der Waals surface area contributed by atoms with Crippen LogP contribution in [0.2, 0.25) is 5.02 Å². The summed E-state index contributed by atoms with van der Waals surface area (Å²) in [5.41, 5.74) is 3.57. The number of hydrogen-bond acceptors (Lipinski definition) is 3. The first-order valence-corrected chi connectivity index (χ1v) is 7.25. The second-order valence-electron chi connectivity index (χ2n) is 5.98. The normalized spacial score (nSPS) is 20.7. The Morgan fingerprint density at radius 2 is 2.21 bits per heavy atom. The van der Waals surface area contributed by atoms with E-state index < -0.39 is 0 Å². The van der Waals surface area contributed by atoms with Gasteiger partial charge in [0, 0.05) is 31.9 Å². The molecule has 0 unspecified atom stereocenters. The second kappa shape index (κ2) is 4.80. The van der Waals surface area contributed by atoms with Crippen molar-refractivity contribution in [3.63, 3.8) is 0 Å². The van der Waals surface area contributed by atoms with Crippen LogP contribution in [0, 0.1) is 16.7 Å². The molecule has 1 saturated heterocycles. The van der Waals surface area contributed by atoms with Crippen molar-refractivity contribution < 1.29 is 0 Å². The topological polar surface area (TPSA) is 47.9 Å². The van der Waals surface area contributed by atoms with Crippen molar-refractivity contribution in [2.75, 3.05) is 25.5 Å². The highest BCUT2D eigenvalue weighted by Gasteiger charge is 2.48. The maximum Gasteiger partial charge on any atom is 0.0676 e. The number of anilines is 1. The highest BCUT2D eigenvalue weighted by Crippen LogP contribution is 2.50. The molecule has 1 aromatic rings. The molecule has 1 aromatic carbocycles. The molecule has 0 radical (unpaired) electrons. The summed E-state index contributed by atoms with van der Waals surface area (Å²) < 4.78 is 0. The maximum absolute atomic E-state index is 7.40. The lowest BCUT2D eigenvalue weighted by Crippen LogP contribution is -2.60. The van der Waals surface area contributed by atoms with E-state index in [-0.39, 0.29) is 0 Å². The van der Waals surface area contributed by atoms with E-state index in [9.17, 15) is 0 Å². The molecule has 0 atom stereocenters. The number of rotatable bonds is 4. The summed E-state index contributed by atoms with van der Waals surface area (Å²) in [4.78, 5) is 0. The molecule has 2 fully saturated rings. The fraction of sp³-hybridized carbons (Fsp3) is 0.533. The van der Waals surface area contributed by atoms with E-state index in [1.54, 1.807) is 0 Å². The molecule has 1 heterocycles. The smallest absolute Gasteiger partial charge is 0.0676 e. The van der Waals surface area contributed by atoms with Gasteiger partial charge in [0.15, 0.2) is 0 Å². The zero-order valence-corrected chi connectivity index (χ0v) is 12.0. The molecule has 0 bridgehead atoms. The predicted octanol–water partition coefficient (Wildman–Crippen LogP) is 2.92. The molecule has 19 heavy (non-hydrogen) atoms. The van der Waals surface area contributed by atoms with Crippen molar-refractivity contribution in [1.82, 2.24) is 5.32 Å². The van der Waals surface area contributed by atoms with Crippen molar-refractivity contribution in [2.45, 2.75) is 19.3 Å². The Hall–Kier alpha value is -1.06. The van der Waals surface area contributed by atoms with Crippen LogP contribution in [-0.4, -0.2) is 26.4 Å². The molecule has 0 aromatic heterocycles. The molecule has 1 saturated carbocycles. The minimum absolute atomic E-state index is 0.623. The summed E-state index contributed by atoms with van der Waals surface area (Å²) >= 11 is 6.46. The summed E-state index contributed by atoms with van der Waals surface area (Å²) in [5, 5.41) is 14.7. The van der Waals surface area contributed by atoms with Crippen LogP contribution >= 0.6 is 11.6 Å². The highest BCUT2D eigenvalue weighted by molar-refractivity contribution is 6.34. The van der Waals surface area contributed by atoms with Crippen molar-refractivity contribution in [2.24, 2.45) is 11.3 Å². The minimum atomic E-state index is 0.623. The summed E-state index contributed by atoms with van der Waals surface area (Å²) in [6, 6.07) is 4.06. The fourth-order valence-electron chi connectivity index (χ4n) is 3.55. The third kappa shape index (κ3) is 2.15. The van der Waals surface area contributed by atoms with E-state index in [2.05, 4.69) is 16.7 Å². The van der Waals surface area contributed by atoms with Gasteiger partial charge in [0.25, 0.3) is 0 Å². The van der Waals surface area contributed by atoms with Gasteiger partial charge in [-0.05, 0) is 36.2 Å². The number of hydrogen-bond donors (Lipinski definition) is 3. The monoisotopic (exact) mass is 277 g/mol. The van der Waals surface area contributed by atoms with Gasteiger partial charge in [-0.1, -0.05) is 23.7 Å². The Kier molecular flexibility index (Phi) is 3.27. The zero-order chi connectivity index (χ0) is 13.5. The van der Waals surface area contributed by atoms with Gasteiger partial charge in [-0.15, -0.1) is 0 Å². The van der Waals surface area contributed by atoms with Crippen LogP contribution in [0.5, 0.6) is 0 Å². The minimum Gasteiger partial charge on any atom is -0.386 e. The van der Waals surface area contributed by atoms with E-state index in [4.69, 9.17) is 17.0 Å². The van der Waals surface area contributed by atoms with E-state index in [0.717, 1.165) is 28.6 Å². The van der Waals surface area contributed by atoms with Crippen LogP contribution in [0.1, 0.15) is 24.0 Å². The van der Waals surface area contributed by atoms with Crippen LogP contribution in [0.25, 0.3) is 0 Å². The molecule has 1 spiro atoms. The van der Waals surface area contributed by atoms with Gasteiger partial charge in [-0.2, -0.15) is 0 Å². The molecular formula is C15H20ClN3. The lowest BCUT2D eigenvalue weighted by Gasteiger charge is -2.54. The van der Waals surface area contributed by atoms with Gasteiger partial charge in [-0.3, -0.25) is 0 Å². The molecule has 3 rings (SSSR count). The molecule has 2 aliphatic rings. The second-order valence-corrected chi connectivity index (χ2v) is 6.36. The van der Waals surface area contributed by atoms with Crippen molar-refractivity contribution >= 4 is 23.5 Å². The Labute approximate surface area is 119 Å². The Morgan fingerprint density at radius 3 is 2.74 bits per heavy atom. The molecule has 102 valence electrons. The summed E-state index contributed by atoms with van der Waals surface area (Å²) in [7, 11) is 1.86. The van der Waals surface area contributed by atoms with Crippen LogP contribution in [0.3, 0.4) is 0 Å². The summed E-state index contributed by atoms with van der Waals surface area (Å²) in [6.45, 7) is 2.40. The van der Waals surface area contributed by atoms with Gasteiger partial charge in [0.2, 0.25) is 0 Å². The fourth-order valence-corrected chi connectivity index (χ4v) is 3.90. The van der Waals surface area contributed by atoms with Crippen molar-refractivity contribution in [3.05, 3.63) is 28.3 Å². The molecule has 3 nitrogen and oxygen atoms in total. The molecule has 3 N–H and O–H groups in total. The first kappa shape index (κ1) is 12.9. The molecule has 0 amide bonds. The van der Waals surface area contributed by atoms with Gasteiger partial charge < -0.3 is 16.0 Å². The highest BCUT2D eigenvalue weighted by atomic mass is 35.5. The molecule has 1 aliphatic heterocycles. The number of halogens is 1. The Balaban J connectivity index is 1.73. The van der Waals surface area contributed by atoms with Crippen molar-refractivity contribution in [1.29, 1.82) is 5.41 Å². The van der Waals surface area contributed by atoms with E-state index in [0.29, 0.717) is 5.41 Å². The SMILES string of the molecule is CNc1c(C=N)ccc(CC2CC3(CNC3)C2)c1Cl. The van der Waals surface area contributed by atoms with Gasteiger partial charge in [0.1, 0.15) is 0 Å². The lowest BCUT2D eigenvalue weighted by atomic mass is 9.57. The molecule has 1 aliphatic carbocycles. The average Bonchev–Trinajstić information content (AvgIpc) is 2.32. The molecular weight excluding hydrogens is 258 g/mol. The zero-order valence-electron chi connectivity index (χ0n) is 11.2. The molecule has 4 heteroatoms. The largest absolute Gasteiger partial charge is 0.386 e. The third-order valence-corrected chi connectivity index (χ3v) is 5.04. The third-order valence-electron chi connectivity index (χ3n) is 4.61. The van der Waals surface area contributed by atoms with Gasteiger partial charge >= 0.3 is 0 Å². The van der Waals surface area contributed by atoms with Gasteiger partial charge in [0.05, 0.1) is 10.7 Å². The maximum atomic E-state index is 7.40. The van der Waals surface area contributed by atoms with E-state index >= 15 is 0 Å². The first-order chi connectivity index (χ1) is 9.17. The number of benzene rings is 1. The van der Waals surface area contributed by atoms with Crippen molar-refractivity contribution in [3.8, 4) is 0 Å². The quantitative estimate of drug-likeness (QED) is 0.741. The first-order valence-electron chi connectivity index (χ1n) is 6.88. The standard InChI is InChI=1S/C15H20ClN3/c1-18-14-12(7-17)3-2-11(13(14)16)4-10-5-15(6-10)8-19-9-15/h2-3,7,10,17-19H,4-6,8-9H2,1H3. The summed E-state index contributed by atoms with van der Waals surface area (Å²) in [6.07, 6.45) is 5.07. The van der Waals surface area contributed by atoms with E-state index in [1.165, 1.54) is 37.7 Å². The lowest BCUT2D eigenvalue weighted by molar-refractivity contribution is 0.000907. The van der Waals surface area contributed by atoms with Crippen LogP contribution < -0.4 is 10.6 Å².